The van der Waals surface area contributed by atoms with Crippen molar-refractivity contribution in [1.29, 1.82) is 0 Å². The van der Waals surface area contributed by atoms with E-state index in [9.17, 15) is 9.18 Å². The van der Waals surface area contributed by atoms with Gasteiger partial charge >= 0.3 is 5.76 Å². The Hall–Kier alpha value is -2.90. The molecule has 2 aromatic carbocycles. The molecule has 0 amide bonds. The number of hydrogen-bond donors (Lipinski definition) is 2. The first kappa shape index (κ1) is 20.0. The van der Waals surface area contributed by atoms with Crippen LogP contribution in [0, 0.1) is 5.82 Å². The minimum Gasteiger partial charge on any atom is -0.408 e. The summed E-state index contributed by atoms with van der Waals surface area (Å²) in [5, 5.41) is 0. The summed E-state index contributed by atoms with van der Waals surface area (Å²) in [6.45, 7) is 0.799. The highest BCUT2D eigenvalue weighted by molar-refractivity contribution is 5.73. The third-order valence-corrected chi connectivity index (χ3v) is 6.53. The summed E-state index contributed by atoms with van der Waals surface area (Å²) >= 11 is 0. The Labute approximate surface area is 179 Å². The highest BCUT2D eigenvalue weighted by Crippen LogP contribution is 2.35. The fourth-order valence-electron chi connectivity index (χ4n) is 4.77. The van der Waals surface area contributed by atoms with Gasteiger partial charge in [-0.25, -0.2) is 9.18 Å². The van der Waals surface area contributed by atoms with E-state index in [2.05, 4.69) is 34.6 Å². The summed E-state index contributed by atoms with van der Waals surface area (Å²) in [4.78, 5) is 22.2. The Balaban J connectivity index is 1.17. The zero-order chi connectivity index (χ0) is 21.4. The molecule has 7 heteroatoms. The predicted octanol–water partition coefficient (Wildman–Crippen LogP) is 4.16. The highest BCUT2D eigenvalue weighted by Gasteiger charge is 2.28. The third kappa shape index (κ3) is 4.29. The average molecular weight is 423 g/mol. The van der Waals surface area contributed by atoms with Crippen LogP contribution in [0.2, 0.25) is 0 Å². The van der Waals surface area contributed by atoms with Gasteiger partial charge in [0.1, 0.15) is 11.9 Å². The zero-order valence-electron chi connectivity index (χ0n) is 17.4. The lowest BCUT2D eigenvalue weighted by atomic mass is 9.81. The number of benzene rings is 2. The van der Waals surface area contributed by atoms with E-state index in [0.717, 1.165) is 49.0 Å². The minimum atomic E-state index is -0.405. The number of aromatic amines is 1. The van der Waals surface area contributed by atoms with Crippen LogP contribution in [0.3, 0.4) is 0 Å². The monoisotopic (exact) mass is 423 g/mol. The van der Waals surface area contributed by atoms with Crippen LogP contribution in [0.4, 0.5) is 4.39 Å². The Bertz CT molecular complexity index is 1140. The van der Waals surface area contributed by atoms with Crippen LogP contribution in [0.25, 0.3) is 16.8 Å². The number of likely N-dealkylation sites (N-methyl/N-ethyl adjacent to an activating group) is 1. The summed E-state index contributed by atoms with van der Waals surface area (Å²) in [6.07, 6.45) is 6.47. The van der Waals surface area contributed by atoms with E-state index in [1.165, 1.54) is 17.7 Å². The largest absolute Gasteiger partial charge is 0.417 e. The molecule has 1 atom stereocenters. The van der Waals surface area contributed by atoms with Crippen LogP contribution in [0.1, 0.15) is 42.7 Å². The normalized spacial score (nSPS) is 23.8. The molecule has 1 saturated carbocycles. The van der Waals surface area contributed by atoms with Gasteiger partial charge in [-0.1, -0.05) is 6.07 Å². The molecule has 1 aliphatic heterocycles. The van der Waals surface area contributed by atoms with Gasteiger partial charge in [-0.2, -0.15) is 0 Å². The van der Waals surface area contributed by atoms with Gasteiger partial charge in [0.05, 0.1) is 11.2 Å². The van der Waals surface area contributed by atoms with E-state index >= 15 is 0 Å². The first-order valence-electron chi connectivity index (χ1n) is 10.8. The van der Waals surface area contributed by atoms with Gasteiger partial charge in [-0.3, -0.25) is 15.3 Å². The molecule has 6 nitrogen and oxygen atoms in total. The first-order chi connectivity index (χ1) is 15.0. The second kappa shape index (κ2) is 8.32. The van der Waals surface area contributed by atoms with Crippen molar-refractivity contribution in [3.63, 3.8) is 0 Å². The fourth-order valence-corrected chi connectivity index (χ4v) is 4.77. The van der Waals surface area contributed by atoms with Gasteiger partial charge in [0.2, 0.25) is 0 Å². The molecule has 0 radical (unpaired) electrons. The lowest BCUT2D eigenvalue weighted by Gasteiger charge is -2.35. The molecular formula is C24H26FN3O3. The number of oxazole rings is 1. The van der Waals surface area contributed by atoms with Crippen molar-refractivity contribution in [3.05, 3.63) is 76.0 Å². The molecule has 1 aliphatic carbocycles. The summed E-state index contributed by atoms with van der Waals surface area (Å²) in [6, 6.07) is 13.0. The summed E-state index contributed by atoms with van der Waals surface area (Å²) in [5.74, 6) is -0.158. The number of hydrogen-bond acceptors (Lipinski definition) is 5. The van der Waals surface area contributed by atoms with Crippen LogP contribution in [-0.2, 0) is 4.84 Å². The van der Waals surface area contributed by atoms with Crippen LogP contribution >= 0.6 is 0 Å². The van der Waals surface area contributed by atoms with E-state index in [4.69, 9.17) is 9.25 Å². The molecule has 3 aromatic rings. The molecule has 5 rings (SSSR count). The maximum absolute atomic E-state index is 13.1. The van der Waals surface area contributed by atoms with E-state index in [-0.39, 0.29) is 11.9 Å². The van der Waals surface area contributed by atoms with Crippen molar-refractivity contribution in [1.82, 2.24) is 15.4 Å². The fraction of sp³-hybridized carbons (Fsp3) is 0.375. The van der Waals surface area contributed by atoms with E-state index in [1.807, 2.05) is 12.1 Å². The quantitative estimate of drug-likeness (QED) is 0.645. The number of fused-ring (bicyclic) bond motifs is 1. The van der Waals surface area contributed by atoms with Crippen molar-refractivity contribution in [3.8, 4) is 0 Å². The highest BCUT2D eigenvalue weighted by atomic mass is 19.1. The van der Waals surface area contributed by atoms with Gasteiger partial charge in [-0.15, -0.1) is 0 Å². The summed E-state index contributed by atoms with van der Waals surface area (Å²) in [7, 11) is 2.15. The van der Waals surface area contributed by atoms with E-state index in [0.29, 0.717) is 17.5 Å². The number of nitrogens with zero attached hydrogens (tertiary/aromatic N) is 1. The molecular weight excluding hydrogens is 397 g/mol. The SMILES string of the molecule is CN(CC1C=C(c2ccc(F)cc2)NO1)C1CCC(c2ccc3[nH]c(=O)oc3c2)CC1. The number of hydroxylamine groups is 1. The van der Waals surface area contributed by atoms with Crippen molar-refractivity contribution >= 4 is 16.8 Å². The molecule has 0 saturated heterocycles. The Morgan fingerprint density at radius 2 is 1.87 bits per heavy atom. The molecule has 162 valence electrons. The first-order valence-corrected chi connectivity index (χ1v) is 10.8. The standard InChI is InChI=1S/C24H26FN3O3/c1-28(14-20-13-22(27-31-20)16-2-7-18(25)8-3-16)19-9-4-15(5-10-19)17-6-11-21-23(12-17)30-24(29)26-21/h2-3,6-8,11-13,15,19-20,27H,4-5,9-10,14H2,1H3,(H,26,29). The van der Waals surface area contributed by atoms with Crippen LogP contribution < -0.4 is 11.2 Å². The molecule has 1 unspecified atom stereocenters. The van der Waals surface area contributed by atoms with Crippen LogP contribution in [0.5, 0.6) is 0 Å². The molecule has 2 N–H and O–H groups in total. The van der Waals surface area contributed by atoms with Gasteiger partial charge in [0.25, 0.3) is 0 Å². The van der Waals surface area contributed by atoms with Gasteiger partial charge in [0, 0.05) is 12.6 Å². The molecule has 0 spiro atoms. The van der Waals surface area contributed by atoms with Crippen molar-refractivity contribution in [2.75, 3.05) is 13.6 Å². The molecule has 31 heavy (non-hydrogen) atoms. The van der Waals surface area contributed by atoms with E-state index < -0.39 is 5.76 Å². The maximum atomic E-state index is 13.1. The van der Waals surface area contributed by atoms with Crippen molar-refractivity contribution < 1.29 is 13.6 Å². The number of H-pyrrole nitrogens is 1. The minimum absolute atomic E-state index is 0.0401. The number of aromatic nitrogens is 1. The lowest BCUT2D eigenvalue weighted by molar-refractivity contribution is 0.0212. The number of nitrogens with one attached hydrogen (secondary N) is 2. The Morgan fingerprint density at radius 3 is 2.65 bits per heavy atom. The lowest BCUT2D eigenvalue weighted by Crippen LogP contribution is -2.39. The third-order valence-electron chi connectivity index (χ3n) is 6.53. The Kier molecular flexibility index (Phi) is 5.38. The number of rotatable bonds is 5. The summed E-state index contributed by atoms with van der Waals surface area (Å²) < 4.78 is 18.4. The average Bonchev–Trinajstić information content (AvgIpc) is 3.39. The second-order valence-corrected chi connectivity index (χ2v) is 8.56. The van der Waals surface area contributed by atoms with Crippen LogP contribution in [-0.4, -0.2) is 35.6 Å². The van der Waals surface area contributed by atoms with E-state index in [1.54, 1.807) is 12.1 Å². The molecule has 2 aliphatic rings. The second-order valence-electron chi connectivity index (χ2n) is 8.56. The molecule has 1 fully saturated rings. The topological polar surface area (TPSA) is 70.5 Å². The molecule has 0 bridgehead atoms. The van der Waals surface area contributed by atoms with Gasteiger partial charge in [0.15, 0.2) is 5.58 Å². The van der Waals surface area contributed by atoms with Crippen LogP contribution in [0.15, 0.2) is 57.8 Å². The van der Waals surface area contributed by atoms with Crippen molar-refractivity contribution in [2.24, 2.45) is 0 Å². The van der Waals surface area contributed by atoms with Crippen molar-refractivity contribution in [2.45, 2.75) is 43.7 Å². The number of halogens is 1. The summed E-state index contributed by atoms with van der Waals surface area (Å²) in [5.41, 5.74) is 7.40. The molecule has 1 aromatic heterocycles. The van der Waals surface area contributed by atoms with Gasteiger partial charge in [-0.05, 0) is 92.2 Å². The smallest absolute Gasteiger partial charge is 0.408 e. The predicted molar refractivity (Wildman–Crippen MR) is 117 cm³/mol. The maximum Gasteiger partial charge on any atom is 0.417 e. The zero-order valence-corrected chi connectivity index (χ0v) is 17.4. The molecule has 2 heterocycles. The Morgan fingerprint density at radius 1 is 1.10 bits per heavy atom. The van der Waals surface area contributed by atoms with Gasteiger partial charge < -0.3 is 9.32 Å².